The normalized spacial score (nSPS) is 22.1. The number of aryl methyl sites for hydroxylation is 2. The molecule has 1 aliphatic rings. The Balaban J connectivity index is 1.96. The van der Waals surface area contributed by atoms with E-state index in [0.717, 1.165) is 18.7 Å². The molecule has 4 nitrogen and oxygen atoms in total. The van der Waals surface area contributed by atoms with E-state index in [1.807, 2.05) is 11.0 Å². The van der Waals surface area contributed by atoms with Crippen LogP contribution < -0.4 is 11.1 Å². The molecule has 1 heterocycles. The molecule has 1 saturated heterocycles. The zero-order valence-electron chi connectivity index (χ0n) is 12.6. The van der Waals surface area contributed by atoms with Crippen molar-refractivity contribution in [2.24, 2.45) is 11.7 Å². The lowest BCUT2D eigenvalue weighted by Crippen LogP contribution is -2.38. The third kappa shape index (κ3) is 3.12. The molecule has 1 aliphatic heterocycles. The average molecular weight is 275 g/mol. The van der Waals surface area contributed by atoms with Crippen molar-refractivity contribution in [2.45, 2.75) is 33.2 Å². The first-order chi connectivity index (χ1) is 9.52. The summed E-state index contributed by atoms with van der Waals surface area (Å²) in [6, 6.07) is 6.45. The van der Waals surface area contributed by atoms with Gasteiger partial charge in [-0.05, 0) is 50.8 Å². The molecule has 0 radical (unpaired) electrons. The van der Waals surface area contributed by atoms with Crippen molar-refractivity contribution >= 4 is 11.6 Å². The van der Waals surface area contributed by atoms with Crippen LogP contribution in [0.5, 0.6) is 0 Å². The van der Waals surface area contributed by atoms with Gasteiger partial charge in [0.25, 0.3) is 0 Å². The Labute approximate surface area is 121 Å². The second-order valence-electron chi connectivity index (χ2n) is 5.85. The van der Waals surface area contributed by atoms with Crippen molar-refractivity contribution in [3.8, 4) is 0 Å². The number of para-hydroxylation sites is 1. The molecule has 4 heteroatoms. The Hall–Kier alpha value is -1.55. The van der Waals surface area contributed by atoms with E-state index in [0.29, 0.717) is 25.0 Å². The molecular weight excluding hydrogens is 250 g/mol. The largest absolute Gasteiger partial charge is 0.376 e. The molecule has 1 fully saturated rings. The summed E-state index contributed by atoms with van der Waals surface area (Å²) in [7, 11) is 0. The van der Waals surface area contributed by atoms with Crippen molar-refractivity contribution in [3.05, 3.63) is 29.3 Å². The number of anilines is 1. The van der Waals surface area contributed by atoms with Crippen molar-refractivity contribution in [1.82, 2.24) is 4.90 Å². The first-order valence-electron chi connectivity index (χ1n) is 7.32. The van der Waals surface area contributed by atoms with Crippen LogP contribution in [0.1, 0.15) is 24.5 Å². The second-order valence-corrected chi connectivity index (χ2v) is 5.85. The van der Waals surface area contributed by atoms with Crippen LogP contribution in [0.4, 0.5) is 5.69 Å². The van der Waals surface area contributed by atoms with Crippen LogP contribution in [0.3, 0.4) is 0 Å². The van der Waals surface area contributed by atoms with Gasteiger partial charge in [-0.1, -0.05) is 18.2 Å². The molecule has 0 spiro atoms. The number of nitrogens with two attached hydrogens (primary N) is 1. The molecule has 1 aromatic rings. The fraction of sp³-hybridized carbons (Fsp3) is 0.562. The summed E-state index contributed by atoms with van der Waals surface area (Å²) in [5.41, 5.74) is 9.13. The van der Waals surface area contributed by atoms with Gasteiger partial charge in [-0.3, -0.25) is 4.79 Å². The van der Waals surface area contributed by atoms with Crippen molar-refractivity contribution < 1.29 is 4.79 Å². The van der Waals surface area contributed by atoms with E-state index >= 15 is 0 Å². The maximum absolute atomic E-state index is 12.3. The summed E-state index contributed by atoms with van der Waals surface area (Å²) >= 11 is 0. The lowest BCUT2D eigenvalue weighted by molar-refractivity contribution is -0.129. The molecule has 0 bridgehead atoms. The van der Waals surface area contributed by atoms with E-state index < -0.39 is 0 Å². The Morgan fingerprint density at radius 1 is 1.40 bits per heavy atom. The third-order valence-corrected chi connectivity index (χ3v) is 4.21. The average Bonchev–Trinajstić information content (AvgIpc) is 2.79. The summed E-state index contributed by atoms with van der Waals surface area (Å²) < 4.78 is 0. The summed E-state index contributed by atoms with van der Waals surface area (Å²) in [6.45, 7) is 8.04. The number of carbonyl (C=O) groups is 1. The molecule has 20 heavy (non-hydrogen) atoms. The Bertz CT molecular complexity index is 466. The number of carbonyl (C=O) groups excluding carboxylic acids is 1. The van der Waals surface area contributed by atoms with Gasteiger partial charge in [0.1, 0.15) is 0 Å². The Morgan fingerprint density at radius 2 is 2.05 bits per heavy atom. The highest BCUT2D eigenvalue weighted by molar-refractivity contribution is 5.82. The lowest BCUT2D eigenvalue weighted by atomic mass is 10.1. The van der Waals surface area contributed by atoms with Crippen LogP contribution in [0, 0.1) is 19.8 Å². The number of nitrogens with zero attached hydrogens (tertiary/aromatic N) is 1. The number of nitrogens with one attached hydrogen (secondary N) is 1. The number of benzene rings is 1. The summed E-state index contributed by atoms with van der Waals surface area (Å²) in [6.07, 6.45) is 1.02. The van der Waals surface area contributed by atoms with Gasteiger partial charge >= 0.3 is 0 Å². The summed E-state index contributed by atoms with van der Waals surface area (Å²) in [4.78, 5) is 14.3. The molecule has 1 amide bonds. The van der Waals surface area contributed by atoms with Crippen LogP contribution in [0.15, 0.2) is 18.2 Å². The van der Waals surface area contributed by atoms with E-state index in [1.54, 1.807) is 0 Å². The number of rotatable bonds is 4. The monoisotopic (exact) mass is 275 g/mol. The quantitative estimate of drug-likeness (QED) is 0.882. The fourth-order valence-corrected chi connectivity index (χ4v) is 3.02. The van der Waals surface area contributed by atoms with Crippen molar-refractivity contribution in [2.75, 3.05) is 25.0 Å². The molecule has 110 valence electrons. The van der Waals surface area contributed by atoms with E-state index in [2.05, 4.69) is 38.2 Å². The van der Waals surface area contributed by atoms with Gasteiger partial charge in [0.15, 0.2) is 0 Å². The highest BCUT2D eigenvalue weighted by Gasteiger charge is 2.31. The Kier molecular flexibility index (Phi) is 4.65. The van der Waals surface area contributed by atoms with Gasteiger partial charge in [0, 0.05) is 18.3 Å². The maximum atomic E-state index is 12.3. The fourth-order valence-electron chi connectivity index (χ4n) is 3.02. The number of likely N-dealkylation sites (tertiary alicyclic amines) is 1. The summed E-state index contributed by atoms with van der Waals surface area (Å²) in [5.74, 6) is 0.616. The number of hydrogen-bond donors (Lipinski definition) is 2. The minimum Gasteiger partial charge on any atom is -0.376 e. The van der Waals surface area contributed by atoms with Crippen LogP contribution in [0.2, 0.25) is 0 Å². The molecule has 2 atom stereocenters. The first-order valence-corrected chi connectivity index (χ1v) is 7.32. The first kappa shape index (κ1) is 14.9. The van der Waals surface area contributed by atoms with Crippen molar-refractivity contribution in [3.63, 3.8) is 0 Å². The van der Waals surface area contributed by atoms with E-state index in [-0.39, 0.29) is 5.91 Å². The van der Waals surface area contributed by atoms with E-state index in [4.69, 9.17) is 5.73 Å². The maximum Gasteiger partial charge on any atom is 0.242 e. The van der Waals surface area contributed by atoms with E-state index in [1.165, 1.54) is 11.1 Å². The predicted molar refractivity (Wildman–Crippen MR) is 82.7 cm³/mol. The Morgan fingerprint density at radius 3 is 2.60 bits per heavy atom. The molecule has 1 aromatic carbocycles. The highest BCUT2D eigenvalue weighted by atomic mass is 16.2. The van der Waals surface area contributed by atoms with Crippen LogP contribution >= 0.6 is 0 Å². The van der Waals surface area contributed by atoms with Gasteiger partial charge in [0.2, 0.25) is 5.91 Å². The molecule has 0 saturated carbocycles. The van der Waals surface area contributed by atoms with Gasteiger partial charge in [-0.15, -0.1) is 0 Å². The SMILES string of the molecule is Cc1cccc(C)c1NCC(=O)N1CC(CN)CC1C. The molecular formula is C16H25N3O. The number of amides is 1. The standard InChI is InChI=1S/C16H25N3O/c1-11-5-4-6-12(2)16(11)18-9-15(20)19-10-14(8-17)7-13(19)3/h4-6,13-14,18H,7-10,17H2,1-3H3. The van der Waals surface area contributed by atoms with Gasteiger partial charge in [0.05, 0.1) is 6.54 Å². The molecule has 0 aromatic heterocycles. The van der Waals surface area contributed by atoms with Gasteiger partial charge in [-0.2, -0.15) is 0 Å². The van der Waals surface area contributed by atoms with Crippen LogP contribution in [-0.2, 0) is 4.79 Å². The topological polar surface area (TPSA) is 58.4 Å². The zero-order valence-corrected chi connectivity index (χ0v) is 12.6. The minimum absolute atomic E-state index is 0.163. The molecule has 3 N–H and O–H groups in total. The predicted octanol–water partition coefficient (Wildman–Crippen LogP) is 1.91. The van der Waals surface area contributed by atoms with Gasteiger partial charge < -0.3 is 16.0 Å². The summed E-state index contributed by atoms with van der Waals surface area (Å²) in [5, 5.41) is 3.29. The number of hydrogen-bond acceptors (Lipinski definition) is 3. The second kappa shape index (κ2) is 6.27. The smallest absolute Gasteiger partial charge is 0.242 e. The minimum atomic E-state index is 0.163. The zero-order chi connectivity index (χ0) is 14.7. The molecule has 2 rings (SSSR count). The van der Waals surface area contributed by atoms with Gasteiger partial charge in [-0.25, -0.2) is 0 Å². The molecule has 2 unspecified atom stereocenters. The van der Waals surface area contributed by atoms with Crippen LogP contribution in [0.25, 0.3) is 0 Å². The van der Waals surface area contributed by atoms with Crippen LogP contribution in [-0.4, -0.2) is 36.5 Å². The van der Waals surface area contributed by atoms with E-state index in [9.17, 15) is 4.79 Å². The van der Waals surface area contributed by atoms with Crippen molar-refractivity contribution in [1.29, 1.82) is 0 Å². The highest BCUT2D eigenvalue weighted by Crippen LogP contribution is 2.23. The lowest BCUT2D eigenvalue weighted by Gasteiger charge is -2.22. The third-order valence-electron chi connectivity index (χ3n) is 4.21. The molecule has 0 aliphatic carbocycles.